The van der Waals surface area contributed by atoms with Gasteiger partial charge in [-0.05, 0) is 44.7 Å². The Morgan fingerprint density at radius 2 is 2.07 bits per heavy atom. The molecule has 1 heterocycles. The summed E-state index contributed by atoms with van der Waals surface area (Å²) in [5.41, 5.74) is 2.29. The Kier molecular flexibility index (Phi) is 8.98. The van der Waals surface area contributed by atoms with Crippen LogP contribution in [0.25, 0.3) is 0 Å². The molecule has 0 saturated carbocycles. The first-order valence-electron chi connectivity index (χ1n) is 9.93. The average Bonchev–Trinajstić information content (AvgIpc) is 2.71. The number of carboxylic acid groups (broad SMARTS) is 1. The summed E-state index contributed by atoms with van der Waals surface area (Å²) in [6.07, 6.45) is 1.15. The van der Waals surface area contributed by atoms with Gasteiger partial charge in [0.15, 0.2) is 0 Å². The van der Waals surface area contributed by atoms with Gasteiger partial charge >= 0.3 is 11.9 Å². The average molecular weight is 423 g/mol. The van der Waals surface area contributed by atoms with Crippen LogP contribution in [0.3, 0.4) is 0 Å². The van der Waals surface area contributed by atoms with Crippen molar-refractivity contribution in [3.63, 3.8) is 0 Å². The predicted octanol–water partition coefficient (Wildman–Crippen LogP) is 1.87. The number of aliphatic carboxylic acids is 1. The minimum absolute atomic E-state index is 0.258. The molecular formula is C21H30N2O5S. The maximum atomic E-state index is 12.9. The van der Waals surface area contributed by atoms with Crippen LogP contribution in [0.15, 0.2) is 24.3 Å². The second-order valence-corrected chi connectivity index (χ2v) is 8.27. The van der Waals surface area contributed by atoms with Gasteiger partial charge in [0.2, 0.25) is 5.91 Å². The highest BCUT2D eigenvalue weighted by Gasteiger charge is 2.35. The number of esters is 1. The summed E-state index contributed by atoms with van der Waals surface area (Å²) in [5, 5.41) is 12.5. The van der Waals surface area contributed by atoms with Crippen molar-refractivity contribution >= 4 is 29.6 Å². The Bertz CT molecular complexity index is 727. The van der Waals surface area contributed by atoms with Crippen LogP contribution < -0.4 is 5.32 Å². The fraction of sp³-hybridized carbons (Fsp3) is 0.571. The number of carbonyl (C=O) groups is 3. The number of hydrogen-bond acceptors (Lipinski definition) is 6. The first-order chi connectivity index (χ1) is 13.8. The molecule has 0 spiro atoms. The molecule has 160 valence electrons. The molecule has 0 aromatic heterocycles. The van der Waals surface area contributed by atoms with Gasteiger partial charge in [0.05, 0.1) is 12.6 Å². The Hall–Kier alpha value is -2.06. The van der Waals surface area contributed by atoms with Crippen molar-refractivity contribution in [2.75, 3.05) is 24.7 Å². The lowest BCUT2D eigenvalue weighted by molar-refractivity contribution is -0.151. The van der Waals surface area contributed by atoms with Crippen LogP contribution in [0, 0.1) is 6.92 Å². The van der Waals surface area contributed by atoms with Crippen molar-refractivity contribution in [1.29, 1.82) is 0 Å². The number of amides is 1. The van der Waals surface area contributed by atoms with E-state index in [1.165, 1.54) is 16.7 Å². The molecule has 2 unspecified atom stereocenters. The van der Waals surface area contributed by atoms with E-state index in [2.05, 4.69) is 5.32 Å². The molecule has 29 heavy (non-hydrogen) atoms. The summed E-state index contributed by atoms with van der Waals surface area (Å²) < 4.78 is 5.18. The second-order valence-electron chi connectivity index (χ2n) is 7.12. The molecule has 7 nitrogen and oxygen atoms in total. The Morgan fingerprint density at radius 1 is 1.34 bits per heavy atom. The molecule has 2 N–H and O–H groups in total. The summed E-state index contributed by atoms with van der Waals surface area (Å²) in [4.78, 5) is 38.2. The van der Waals surface area contributed by atoms with Crippen LogP contribution >= 0.6 is 11.8 Å². The molecule has 8 heteroatoms. The summed E-state index contributed by atoms with van der Waals surface area (Å²) in [7, 11) is 0. The molecule has 1 saturated heterocycles. The number of aryl methyl sites for hydroxylation is 2. The zero-order chi connectivity index (χ0) is 21.4. The van der Waals surface area contributed by atoms with Gasteiger partial charge in [0.1, 0.15) is 12.1 Å². The fourth-order valence-corrected chi connectivity index (χ4v) is 4.43. The zero-order valence-corrected chi connectivity index (χ0v) is 18.0. The van der Waals surface area contributed by atoms with Gasteiger partial charge in [0.25, 0.3) is 0 Å². The monoisotopic (exact) mass is 422 g/mol. The molecule has 3 atom stereocenters. The van der Waals surface area contributed by atoms with E-state index in [0.717, 1.165) is 11.1 Å². The van der Waals surface area contributed by atoms with Crippen LogP contribution in [0.5, 0.6) is 0 Å². The standard InChI is InChI=1S/C21H30N2O5S/c1-4-28-21(27)17(10-9-16-8-6-5-7-14(16)2)22-15(3)19(24)23-11-12-29-13-18(23)20(25)26/h5-8,15,17-18,22H,4,9-13H2,1-3H3,(H,25,26)/t15-,17?,18?/m0/s1. The normalized spacial score (nSPS) is 18.7. The van der Waals surface area contributed by atoms with E-state index in [0.29, 0.717) is 30.9 Å². The van der Waals surface area contributed by atoms with Crippen molar-refractivity contribution in [2.24, 2.45) is 0 Å². The molecule has 1 aromatic rings. The minimum Gasteiger partial charge on any atom is -0.480 e. The number of nitrogens with one attached hydrogen (secondary N) is 1. The molecule has 1 fully saturated rings. The van der Waals surface area contributed by atoms with Crippen molar-refractivity contribution in [3.05, 3.63) is 35.4 Å². The van der Waals surface area contributed by atoms with Gasteiger partial charge in [-0.1, -0.05) is 24.3 Å². The smallest absolute Gasteiger partial charge is 0.327 e. The first kappa shape index (κ1) is 23.2. The summed E-state index contributed by atoms with van der Waals surface area (Å²) in [6.45, 7) is 6.08. The molecular weight excluding hydrogens is 392 g/mol. The van der Waals surface area contributed by atoms with E-state index in [1.807, 2.05) is 31.2 Å². The quantitative estimate of drug-likeness (QED) is 0.587. The van der Waals surface area contributed by atoms with E-state index < -0.39 is 30.1 Å². The summed E-state index contributed by atoms with van der Waals surface area (Å²) >= 11 is 1.53. The predicted molar refractivity (Wildman–Crippen MR) is 113 cm³/mol. The number of benzene rings is 1. The summed E-state index contributed by atoms with van der Waals surface area (Å²) in [6, 6.07) is 5.81. The topological polar surface area (TPSA) is 95.9 Å². The van der Waals surface area contributed by atoms with Gasteiger partial charge in [-0.3, -0.25) is 14.9 Å². The Morgan fingerprint density at radius 3 is 2.72 bits per heavy atom. The molecule has 2 rings (SSSR count). The van der Waals surface area contributed by atoms with E-state index in [1.54, 1.807) is 13.8 Å². The number of rotatable bonds is 9. The zero-order valence-electron chi connectivity index (χ0n) is 17.2. The van der Waals surface area contributed by atoms with Gasteiger partial charge in [-0.2, -0.15) is 11.8 Å². The van der Waals surface area contributed by atoms with E-state index in [4.69, 9.17) is 4.74 Å². The van der Waals surface area contributed by atoms with Gasteiger partial charge < -0.3 is 14.7 Å². The second kappa shape index (κ2) is 11.2. The molecule has 1 amide bonds. The molecule has 1 aromatic carbocycles. The third kappa shape index (κ3) is 6.47. The lowest BCUT2D eigenvalue weighted by Gasteiger charge is -2.35. The largest absolute Gasteiger partial charge is 0.480 e. The fourth-order valence-electron chi connectivity index (χ4n) is 3.40. The van der Waals surface area contributed by atoms with E-state index in [9.17, 15) is 19.5 Å². The highest BCUT2D eigenvalue weighted by molar-refractivity contribution is 7.99. The van der Waals surface area contributed by atoms with Crippen LogP contribution in [-0.4, -0.2) is 70.6 Å². The first-order valence-corrected chi connectivity index (χ1v) is 11.1. The molecule has 1 aliphatic rings. The van der Waals surface area contributed by atoms with Crippen LogP contribution in [0.2, 0.25) is 0 Å². The van der Waals surface area contributed by atoms with E-state index >= 15 is 0 Å². The number of thioether (sulfide) groups is 1. The van der Waals surface area contributed by atoms with Crippen molar-refractivity contribution in [3.8, 4) is 0 Å². The van der Waals surface area contributed by atoms with Crippen LogP contribution in [0.4, 0.5) is 0 Å². The van der Waals surface area contributed by atoms with Crippen molar-refractivity contribution in [2.45, 2.75) is 51.7 Å². The number of ether oxygens (including phenoxy) is 1. The maximum absolute atomic E-state index is 12.9. The number of carbonyl (C=O) groups excluding carboxylic acids is 2. The van der Waals surface area contributed by atoms with Crippen molar-refractivity contribution in [1.82, 2.24) is 10.2 Å². The molecule has 0 aliphatic carbocycles. The number of hydrogen-bond donors (Lipinski definition) is 2. The highest BCUT2D eigenvalue weighted by Crippen LogP contribution is 2.18. The SMILES string of the molecule is CCOC(=O)C(CCc1ccccc1C)N[C@@H](C)C(=O)N1CCSCC1C(=O)O. The summed E-state index contributed by atoms with van der Waals surface area (Å²) in [5.74, 6) is -0.619. The van der Waals surface area contributed by atoms with Crippen LogP contribution in [-0.2, 0) is 25.5 Å². The number of carboxylic acids is 1. The molecule has 0 radical (unpaired) electrons. The van der Waals surface area contributed by atoms with Gasteiger partial charge in [-0.15, -0.1) is 0 Å². The van der Waals surface area contributed by atoms with E-state index in [-0.39, 0.29) is 12.5 Å². The lowest BCUT2D eigenvalue weighted by atomic mass is 10.0. The number of nitrogens with zero attached hydrogens (tertiary/aromatic N) is 1. The highest BCUT2D eigenvalue weighted by atomic mass is 32.2. The van der Waals surface area contributed by atoms with Gasteiger partial charge in [-0.25, -0.2) is 4.79 Å². The third-order valence-corrected chi connectivity index (χ3v) is 6.08. The Labute approximate surface area is 176 Å². The minimum atomic E-state index is -1.00. The van der Waals surface area contributed by atoms with Crippen LogP contribution in [0.1, 0.15) is 31.4 Å². The van der Waals surface area contributed by atoms with Crippen molar-refractivity contribution < 1.29 is 24.2 Å². The molecule has 1 aliphatic heterocycles. The lowest BCUT2D eigenvalue weighted by Crippen LogP contribution is -2.57. The molecule has 0 bridgehead atoms. The Balaban J connectivity index is 2.06. The van der Waals surface area contributed by atoms with Gasteiger partial charge in [0, 0.05) is 18.1 Å². The third-order valence-electron chi connectivity index (χ3n) is 5.05. The maximum Gasteiger partial charge on any atom is 0.327 e.